The van der Waals surface area contributed by atoms with Crippen molar-refractivity contribution in [2.45, 2.75) is 18.4 Å². The number of aliphatic carboxylic acids is 1. The predicted octanol–water partition coefficient (Wildman–Crippen LogP) is 0.0929. The molecule has 2 N–H and O–H groups in total. The summed E-state index contributed by atoms with van der Waals surface area (Å²) in [6.07, 6.45) is 5.28. The van der Waals surface area contributed by atoms with Crippen LogP contribution in [0, 0.1) is 0 Å². The minimum absolute atomic E-state index is 0.140. The zero-order valence-electron chi connectivity index (χ0n) is 11.2. The van der Waals surface area contributed by atoms with Gasteiger partial charge in [0.1, 0.15) is 11.2 Å². The van der Waals surface area contributed by atoms with E-state index in [1.165, 1.54) is 6.20 Å². The van der Waals surface area contributed by atoms with Crippen LogP contribution in [0.2, 0.25) is 0 Å². The highest BCUT2D eigenvalue weighted by Gasteiger charge is 2.42. The number of rotatable bonds is 3. The Balaban J connectivity index is 1.85. The lowest BCUT2D eigenvalue weighted by Gasteiger charge is -2.33. The van der Waals surface area contributed by atoms with Crippen molar-refractivity contribution in [2.75, 3.05) is 13.2 Å². The second-order valence-electron chi connectivity index (χ2n) is 4.91. The molecule has 2 aromatic rings. The number of nitrogens with zero attached hydrogens (tertiary/aromatic N) is 3. The Labute approximate surface area is 119 Å². The number of imidazole rings is 1. The normalized spacial score (nSPS) is 17.5. The lowest BCUT2D eigenvalue weighted by Crippen LogP contribution is -2.57. The molecule has 8 nitrogen and oxygen atoms in total. The number of carboxylic acids is 1. The Morgan fingerprint density at radius 3 is 2.81 bits per heavy atom. The number of aromatic nitrogens is 3. The molecule has 0 spiro atoms. The molecule has 21 heavy (non-hydrogen) atoms. The highest BCUT2D eigenvalue weighted by atomic mass is 16.5. The summed E-state index contributed by atoms with van der Waals surface area (Å²) < 4.78 is 6.77. The Bertz CT molecular complexity index is 657. The van der Waals surface area contributed by atoms with E-state index in [4.69, 9.17) is 4.74 Å². The average Bonchev–Trinajstić information content (AvgIpc) is 2.92. The first-order valence-electron chi connectivity index (χ1n) is 6.54. The van der Waals surface area contributed by atoms with Gasteiger partial charge in [-0.25, -0.2) is 14.8 Å². The summed E-state index contributed by atoms with van der Waals surface area (Å²) in [6.45, 7) is 0.610. The molecule has 0 radical (unpaired) electrons. The fourth-order valence-electron chi connectivity index (χ4n) is 2.33. The fraction of sp³-hybridized carbons (Fsp3) is 0.385. The van der Waals surface area contributed by atoms with Crippen molar-refractivity contribution in [3.05, 3.63) is 30.4 Å². The molecular weight excluding hydrogens is 276 g/mol. The van der Waals surface area contributed by atoms with Crippen LogP contribution in [0.25, 0.3) is 5.78 Å². The monoisotopic (exact) mass is 290 g/mol. The molecule has 0 unspecified atom stereocenters. The Morgan fingerprint density at radius 1 is 1.38 bits per heavy atom. The molecule has 2 aromatic heterocycles. The van der Waals surface area contributed by atoms with E-state index in [2.05, 4.69) is 15.3 Å². The minimum atomic E-state index is -1.29. The van der Waals surface area contributed by atoms with Gasteiger partial charge in [-0.2, -0.15) is 0 Å². The van der Waals surface area contributed by atoms with Crippen molar-refractivity contribution in [1.82, 2.24) is 19.7 Å². The van der Waals surface area contributed by atoms with E-state index in [9.17, 15) is 14.7 Å². The van der Waals surface area contributed by atoms with Gasteiger partial charge in [0.2, 0.25) is 5.78 Å². The molecular formula is C13H14N4O4. The van der Waals surface area contributed by atoms with Gasteiger partial charge in [-0.15, -0.1) is 0 Å². The molecule has 3 rings (SSSR count). The van der Waals surface area contributed by atoms with Crippen LogP contribution >= 0.6 is 0 Å². The van der Waals surface area contributed by atoms with Gasteiger partial charge in [-0.05, 0) is 6.07 Å². The maximum atomic E-state index is 12.3. The summed E-state index contributed by atoms with van der Waals surface area (Å²) in [5, 5.41) is 12.0. The third-order valence-electron chi connectivity index (χ3n) is 3.58. The van der Waals surface area contributed by atoms with Crippen LogP contribution in [0.15, 0.2) is 24.7 Å². The molecule has 0 saturated carbocycles. The van der Waals surface area contributed by atoms with E-state index >= 15 is 0 Å². The van der Waals surface area contributed by atoms with Crippen LogP contribution in [0.5, 0.6) is 0 Å². The van der Waals surface area contributed by atoms with Crippen LogP contribution in [0.4, 0.5) is 0 Å². The number of carboxylic acid groups (broad SMARTS) is 1. The molecule has 0 aliphatic carbocycles. The summed E-state index contributed by atoms with van der Waals surface area (Å²) in [5.41, 5.74) is -1.15. The van der Waals surface area contributed by atoms with Crippen molar-refractivity contribution in [3.8, 4) is 0 Å². The number of hydrogen-bond donors (Lipinski definition) is 2. The average molecular weight is 290 g/mol. The molecule has 1 aliphatic rings. The van der Waals surface area contributed by atoms with Gasteiger partial charge in [0.05, 0.1) is 0 Å². The molecule has 8 heteroatoms. The smallest absolute Gasteiger partial charge is 0.329 e. The van der Waals surface area contributed by atoms with Crippen LogP contribution in [0.1, 0.15) is 23.3 Å². The molecule has 1 amide bonds. The van der Waals surface area contributed by atoms with Gasteiger partial charge in [-0.3, -0.25) is 9.20 Å². The summed E-state index contributed by atoms with van der Waals surface area (Å²) >= 11 is 0. The Kier molecular flexibility index (Phi) is 3.30. The predicted molar refractivity (Wildman–Crippen MR) is 70.9 cm³/mol. The lowest BCUT2D eigenvalue weighted by atomic mass is 9.90. The number of hydrogen-bond acceptors (Lipinski definition) is 5. The SMILES string of the molecule is O=C(NC1(C(=O)O)CCOCC1)c1cn2cccnc2n1. The molecule has 110 valence electrons. The zero-order chi connectivity index (χ0) is 14.9. The maximum Gasteiger partial charge on any atom is 0.329 e. The Morgan fingerprint density at radius 2 is 2.14 bits per heavy atom. The second-order valence-corrected chi connectivity index (χ2v) is 4.91. The Hall–Kier alpha value is -2.48. The molecule has 0 bridgehead atoms. The van der Waals surface area contributed by atoms with Gasteiger partial charge in [0, 0.05) is 44.6 Å². The number of amides is 1. The number of carbonyl (C=O) groups is 2. The number of ether oxygens (including phenoxy) is 1. The van der Waals surface area contributed by atoms with E-state index in [0.717, 1.165) is 0 Å². The third kappa shape index (κ3) is 2.45. The highest BCUT2D eigenvalue weighted by Crippen LogP contribution is 2.21. The van der Waals surface area contributed by atoms with Crippen molar-refractivity contribution in [2.24, 2.45) is 0 Å². The number of nitrogens with one attached hydrogen (secondary N) is 1. The first kappa shape index (κ1) is 13.5. The lowest BCUT2D eigenvalue weighted by molar-refractivity contribution is -0.148. The molecule has 1 aliphatic heterocycles. The van der Waals surface area contributed by atoms with Crippen LogP contribution < -0.4 is 5.32 Å². The van der Waals surface area contributed by atoms with Gasteiger partial charge in [-0.1, -0.05) is 0 Å². The summed E-state index contributed by atoms with van der Waals surface area (Å²) in [4.78, 5) is 31.9. The highest BCUT2D eigenvalue weighted by molar-refractivity contribution is 5.96. The van der Waals surface area contributed by atoms with Crippen molar-refractivity contribution in [1.29, 1.82) is 0 Å². The van der Waals surface area contributed by atoms with Crippen LogP contribution in [-0.4, -0.2) is 50.1 Å². The van der Waals surface area contributed by atoms with E-state index < -0.39 is 17.4 Å². The molecule has 1 fully saturated rings. The summed E-state index contributed by atoms with van der Waals surface area (Å²) in [5.74, 6) is -1.19. The van der Waals surface area contributed by atoms with E-state index in [0.29, 0.717) is 19.0 Å². The fourth-order valence-corrected chi connectivity index (χ4v) is 2.33. The topological polar surface area (TPSA) is 106 Å². The number of carbonyl (C=O) groups excluding carboxylic acids is 1. The molecule has 0 aromatic carbocycles. The van der Waals surface area contributed by atoms with Crippen molar-refractivity contribution >= 4 is 17.7 Å². The molecule has 1 saturated heterocycles. The van der Waals surface area contributed by atoms with E-state index in [-0.39, 0.29) is 18.5 Å². The summed E-state index contributed by atoms with van der Waals surface area (Å²) in [7, 11) is 0. The standard InChI is InChI=1S/C13H14N4O4/c18-10(9-8-17-5-1-4-14-12(17)15-9)16-13(11(19)20)2-6-21-7-3-13/h1,4-5,8H,2-3,6-7H2,(H,16,18)(H,19,20). The van der Waals surface area contributed by atoms with E-state index in [1.807, 2.05) is 0 Å². The minimum Gasteiger partial charge on any atom is -0.480 e. The first-order valence-corrected chi connectivity index (χ1v) is 6.54. The van der Waals surface area contributed by atoms with Gasteiger partial charge in [0.25, 0.3) is 5.91 Å². The molecule has 3 heterocycles. The van der Waals surface area contributed by atoms with E-state index in [1.54, 1.807) is 22.9 Å². The van der Waals surface area contributed by atoms with Crippen molar-refractivity contribution in [3.63, 3.8) is 0 Å². The van der Waals surface area contributed by atoms with Gasteiger partial charge >= 0.3 is 5.97 Å². The van der Waals surface area contributed by atoms with Crippen LogP contribution in [0.3, 0.4) is 0 Å². The third-order valence-corrected chi connectivity index (χ3v) is 3.58. The first-order chi connectivity index (χ1) is 10.1. The maximum absolute atomic E-state index is 12.3. The summed E-state index contributed by atoms with van der Waals surface area (Å²) in [6, 6.07) is 1.72. The van der Waals surface area contributed by atoms with Gasteiger partial charge in [0.15, 0.2) is 0 Å². The van der Waals surface area contributed by atoms with Crippen LogP contribution in [-0.2, 0) is 9.53 Å². The second kappa shape index (κ2) is 5.13. The molecule has 0 atom stereocenters. The quantitative estimate of drug-likeness (QED) is 0.830. The number of fused-ring (bicyclic) bond motifs is 1. The van der Waals surface area contributed by atoms with Gasteiger partial charge < -0.3 is 15.2 Å². The zero-order valence-corrected chi connectivity index (χ0v) is 11.2. The largest absolute Gasteiger partial charge is 0.480 e. The van der Waals surface area contributed by atoms with Crippen molar-refractivity contribution < 1.29 is 19.4 Å².